The van der Waals surface area contributed by atoms with Crippen molar-refractivity contribution in [2.75, 3.05) is 0 Å². The molecule has 0 aliphatic heterocycles. The maximum Gasteiger partial charge on any atom is 0.573 e. The molecule has 0 unspecified atom stereocenters. The zero-order valence-electron chi connectivity index (χ0n) is 14.7. The lowest BCUT2D eigenvalue weighted by Gasteiger charge is -2.09. The Balaban J connectivity index is 1.71. The average Bonchev–Trinajstić information content (AvgIpc) is 3.15. The Morgan fingerprint density at radius 2 is 1.83 bits per heavy atom. The van der Waals surface area contributed by atoms with E-state index in [0.29, 0.717) is 10.6 Å². The minimum Gasteiger partial charge on any atom is -0.483 e. The Morgan fingerprint density at radius 3 is 2.47 bits per heavy atom. The number of hydrogen-bond acceptors (Lipinski definition) is 7. The predicted octanol–water partition coefficient (Wildman–Crippen LogP) is 4.06. The van der Waals surface area contributed by atoms with Crippen molar-refractivity contribution in [1.82, 2.24) is 9.36 Å². The molecular weight excluding hydrogens is 435 g/mol. The first kappa shape index (κ1) is 21.2. The molecule has 0 saturated heterocycles. The molecule has 3 rings (SSSR count). The van der Waals surface area contributed by atoms with Crippen molar-refractivity contribution < 1.29 is 36.6 Å². The summed E-state index contributed by atoms with van der Waals surface area (Å²) in [5.74, 6) is -3.48. The number of hydrogen-bond donors (Lipinski definition) is 2. The molecule has 0 aliphatic carbocycles. The van der Waals surface area contributed by atoms with E-state index in [1.807, 2.05) is 0 Å². The number of ether oxygens (including phenoxy) is 2. The molecule has 0 radical (unpaired) electrons. The van der Waals surface area contributed by atoms with Gasteiger partial charge in [-0.1, -0.05) is 5.16 Å². The maximum atomic E-state index is 14.3. The topological polar surface area (TPSA) is 103 Å². The second kappa shape index (κ2) is 8.49. The molecule has 1 aromatic heterocycles. The van der Waals surface area contributed by atoms with Gasteiger partial charge < -0.3 is 20.4 Å². The smallest absolute Gasteiger partial charge is 0.483 e. The average molecular weight is 446 g/mol. The summed E-state index contributed by atoms with van der Waals surface area (Å²) < 4.78 is 77.7. The first-order valence-corrected chi connectivity index (χ1v) is 8.72. The van der Waals surface area contributed by atoms with E-state index in [0.717, 1.165) is 35.8 Å². The first-order valence-electron chi connectivity index (χ1n) is 7.95. The van der Waals surface area contributed by atoms with Gasteiger partial charge in [0, 0.05) is 5.56 Å². The Hall–Kier alpha value is -3.48. The van der Waals surface area contributed by atoms with E-state index < -0.39 is 35.1 Å². The van der Waals surface area contributed by atoms with Gasteiger partial charge in [0.15, 0.2) is 28.2 Å². The molecule has 0 saturated carbocycles. The van der Waals surface area contributed by atoms with Crippen molar-refractivity contribution in [3.63, 3.8) is 0 Å². The van der Waals surface area contributed by atoms with Crippen LogP contribution in [0.1, 0.15) is 10.6 Å². The monoisotopic (exact) mass is 446 g/mol. The molecule has 0 amide bonds. The van der Waals surface area contributed by atoms with Gasteiger partial charge in [-0.05, 0) is 47.9 Å². The molecule has 158 valence electrons. The third-order valence-electron chi connectivity index (χ3n) is 3.58. The molecule has 0 fully saturated rings. The van der Waals surface area contributed by atoms with Crippen molar-refractivity contribution in [3.8, 4) is 22.9 Å². The fraction of sp³-hybridized carbons (Fsp3) is 0.118. The standard InChI is InChI=1S/C17H11F5N4O3S/c18-10-5-6-11(14(19)13(10)15(23)25-27)28-7-12-24-16(26-30-12)8-1-3-9(4-2-8)29-17(20,21)22/h1-6,27H,7H2,(H2,23,25). The van der Waals surface area contributed by atoms with Gasteiger partial charge in [-0.3, -0.25) is 0 Å². The predicted molar refractivity (Wildman–Crippen MR) is 95.2 cm³/mol. The van der Waals surface area contributed by atoms with Gasteiger partial charge >= 0.3 is 6.36 Å². The summed E-state index contributed by atoms with van der Waals surface area (Å²) in [6.07, 6.45) is -4.80. The fourth-order valence-electron chi connectivity index (χ4n) is 2.31. The molecular formula is C17H11F5N4O3S. The van der Waals surface area contributed by atoms with Crippen LogP contribution in [-0.2, 0) is 6.61 Å². The number of oxime groups is 1. The van der Waals surface area contributed by atoms with E-state index in [-0.39, 0.29) is 18.2 Å². The van der Waals surface area contributed by atoms with Crippen LogP contribution in [0.25, 0.3) is 11.4 Å². The van der Waals surface area contributed by atoms with E-state index in [2.05, 4.69) is 19.3 Å². The van der Waals surface area contributed by atoms with Gasteiger partial charge in [-0.2, -0.15) is 4.37 Å². The number of benzene rings is 2. The van der Waals surface area contributed by atoms with E-state index in [1.54, 1.807) is 0 Å². The van der Waals surface area contributed by atoms with Crippen LogP contribution in [0.3, 0.4) is 0 Å². The number of rotatable bonds is 6. The minimum absolute atomic E-state index is 0.217. The number of alkyl halides is 3. The lowest BCUT2D eigenvalue weighted by atomic mass is 10.1. The highest BCUT2D eigenvalue weighted by atomic mass is 32.1. The second-order valence-electron chi connectivity index (χ2n) is 5.59. The second-order valence-corrected chi connectivity index (χ2v) is 6.43. The third-order valence-corrected chi connectivity index (χ3v) is 4.27. The van der Waals surface area contributed by atoms with Crippen LogP contribution in [0.15, 0.2) is 41.6 Å². The zero-order chi connectivity index (χ0) is 21.9. The number of aromatic nitrogens is 2. The van der Waals surface area contributed by atoms with E-state index in [4.69, 9.17) is 15.7 Å². The highest BCUT2D eigenvalue weighted by Crippen LogP contribution is 2.27. The third kappa shape index (κ3) is 4.92. The molecule has 7 nitrogen and oxygen atoms in total. The van der Waals surface area contributed by atoms with Crippen LogP contribution in [0.5, 0.6) is 11.5 Å². The maximum absolute atomic E-state index is 14.3. The Labute approximate surface area is 169 Å². The SMILES string of the molecule is N/C(=N\O)c1c(F)ccc(OCc2nc(-c3ccc(OC(F)(F)F)cc3)ns2)c1F. The molecule has 0 atom stereocenters. The summed E-state index contributed by atoms with van der Waals surface area (Å²) in [5.41, 5.74) is 4.94. The fourth-order valence-corrected chi connectivity index (χ4v) is 2.88. The Bertz CT molecular complexity index is 1070. The highest BCUT2D eigenvalue weighted by molar-refractivity contribution is 7.05. The normalized spacial score (nSPS) is 12.1. The van der Waals surface area contributed by atoms with E-state index in [9.17, 15) is 22.0 Å². The highest BCUT2D eigenvalue weighted by Gasteiger charge is 2.31. The van der Waals surface area contributed by atoms with E-state index >= 15 is 0 Å². The summed E-state index contributed by atoms with van der Waals surface area (Å²) in [6.45, 7) is -0.231. The van der Waals surface area contributed by atoms with E-state index in [1.165, 1.54) is 12.1 Å². The molecule has 0 bridgehead atoms. The van der Waals surface area contributed by atoms with Gasteiger partial charge in [0.2, 0.25) is 0 Å². The molecule has 30 heavy (non-hydrogen) atoms. The molecule has 13 heteroatoms. The number of nitrogens with zero attached hydrogens (tertiary/aromatic N) is 3. The van der Waals surface area contributed by atoms with Crippen molar-refractivity contribution in [3.05, 3.63) is 58.6 Å². The molecule has 3 aromatic rings. The van der Waals surface area contributed by atoms with Crippen LogP contribution in [-0.4, -0.2) is 26.8 Å². The van der Waals surface area contributed by atoms with Gasteiger partial charge in [0.05, 0.1) is 5.56 Å². The van der Waals surface area contributed by atoms with Crippen molar-refractivity contribution in [2.24, 2.45) is 10.9 Å². The van der Waals surface area contributed by atoms with Crippen LogP contribution >= 0.6 is 11.5 Å². The van der Waals surface area contributed by atoms with Gasteiger partial charge in [0.1, 0.15) is 18.2 Å². The lowest BCUT2D eigenvalue weighted by molar-refractivity contribution is -0.274. The van der Waals surface area contributed by atoms with Gasteiger partial charge in [0.25, 0.3) is 0 Å². The summed E-state index contributed by atoms with van der Waals surface area (Å²) in [5, 5.41) is 11.5. The van der Waals surface area contributed by atoms with Gasteiger partial charge in [-0.15, -0.1) is 13.2 Å². The summed E-state index contributed by atoms with van der Waals surface area (Å²) >= 11 is 0.920. The molecule has 0 spiro atoms. The Kier molecular flexibility index (Phi) is 6.01. The number of nitrogens with two attached hydrogens (primary N) is 1. The van der Waals surface area contributed by atoms with Crippen LogP contribution < -0.4 is 15.2 Å². The van der Waals surface area contributed by atoms with Crippen LogP contribution in [0, 0.1) is 11.6 Å². The number of halogens is 5. The summed E-state index contributed by atoms with van der Waals surface area (Å²) in [7, 11) is 0. The van der Waals surface area contributed by atoms with Crippen LogP contribution in [0.2, 0.25) is 0 Å². The first-order chi connectivity index (χ1) is 14.2. The lowest BCUT2D eigenvalue weighted by Crippen LogP contribution is -2.18. The number of amidine groups is 1. The summed E-state index contributed by atoms with van der Waals surface area (Å²) in [4.78, 5) is 4.16. The summed E-state index contributed by atoms with van der Waals surface area (Å²) in [6, 6.07) is 6.83. The molecule has 3 N–H and O–H groups in total. The van der Waals surface area contributed by atoms with Crippen molar-refractivity contribution in [1.29, 1.82) is 0 Å². The molecule has 1 heterocycles. The van der Waals surface area contributed by atoms with Crippen molar-refractivity contribution in [2.45, 2.75) is 13.0 Å². The molecule has 0 aliphatic rings. The Morgan fingerprint density at radius 1 is 1.13 bits per heavy atom. The zero-order valence-corrected chi connectivity index (χ0v) is 15.5. The van der Waals surface area contributed by atoms with Crippen molar-refractivity contribution >= 4 is 17.4 Å². The van der Waals surface area contributed by atoms with Gasteiger partial charge in [-0.25, -0.2) is 13.8 Å². The quantitative estimate of drug-likeness (QED) is 0.195. The molecule has 2 aromatic carbocycles. The minimum atomic E-state index is -4.80. The van der Waals surface area contributed by atoms with Crippen LogP contribution in [0.4, 0.5) is 22.0 Å². The largest absolute Gasteiger partial charge is 0.573 e.